The molecule has 24 heavy (non-hydrogen) atoms. The second kappa shape index (κ2) is 7.49. The van der Waals surface area contributed by atoms with Crippen LogP contribution in [0.25, 0.3) is 5.69 Å². The Morgan fingerprint density at radius 2 is 1.71 bits per heavy atom. The van der Waals surface area contributed by atoms with E-state index >= 15 is 0 Å². The summed E-state index contributed by atoms with van der Waals surface area (Å²) in [4.78, 5) is 0. The fraction of sp³-hybridized carbons (Fsp3) is 0.500. The van der Waals surface area contributed by atoms with Gasteiger partial charge < -0.3 is 0 Å². The predicted octanol–water partition coefficient (Wildman–Crippen LogP) is 3.29. The third-order valence-corrected chi connectivity index (χ3v) is 4.92. The normalized spacial score (nSPS) is 12.3. The van der Waals surface area contributed by atoms with Crippen LogP contribution in [0.1, 0.15) is 57.1 Å². The summed E-state index contributed by atoms with van der Waals surface area (Å²) >= 11 is 0. The van der Waals surface area contributed by atoms with E-state index in [1.807, 2.05) is 23.3 Å². The molecule has 0 aliphatic heterocycles. The van der Waals surface area contributed by atoms with Gasteiger partial charge >= 0.3 is 0 Å². The van der Waals surface area contributed by atoms with Crippen LogP contribution in [0.4, 0.5) is 0 Å². The molecule has 0 amide bonds. The number of aromatic nitrogens is 2. The van der Waals surface area contributed by atoms with Crippen LogP contribution in [-0.2, 0) is 16.7 Å². The first kappa shape index (κ1) is 18.7. The molecule has 0 aliphatic carbocycles. The molecule has 132 valence electrons. The zero-order valence-electron chi connectivity index (χ0n) is 14.8. The highest BCUT2D eigenvalue weighted by Crippen LogP contribution is 2.30. The lowest BCUT2D eigenvalue weighted by Crippen LogP contribution is -2.32. The fourth-order valence-electron chi connectivity index (χ4n) is 2.90. The summed E-state index contributed by atoms with van der Waals surface area (Å²) in [7, 11) is -3.90. The van der Waals surface area contributed by atoms with Crippen molar-refractivity contribution in [3.05, 3.63) is 48.0 Å². The van der Waals surface area contributed by atoms with Crippen molar-refractivity contribution >= 4 is 10.1 Å². The van der Waals surface area contributed by atoms with E-state index in [4.69, 9.17) is 4.55 Å². The van der Waals surface area contributed by atoms with Gasteiger partial charge in [0.1, 0.15) is 18.1 Å². The van der Waals surface area contributed by atoms with E-state index in [0.29, 0.717) is 24.8 Å². The highest BCUT2D eigenvalue weighted by molar-refractivity contribution is 7.85. The number of aryl methyl sites for hydroxylation is 1. The molecule has 2 rings (SSSR count). The van der Waals surface area contributed by atoms with Crippen molar-refractivity contribution < 1.29 is 17.5 Å². The van der Waals surface area contributed by atoms with Gasteiger partial charge in [-0.15, -0.1) is 0 Å². The molecule has 2 aromatic rings. The molecule has 5 nitrogen and oxygen atoms in total. The maximum absolute atomic E-state index is 10.8. The molecule has 0 aliphatic rings. The summed E-state index contributed by atoms with van der Waals surface area (Å²) in [5.74, 6) is 0.605. The number of hydrogen-bond donors (Lipinski definition) is 1. The molecular formula is C18H27N2O3S+. The molecule has 1 aromatic carbocycles. The van der Waals surface area contributed by atoms with E-state index in [-0.39, 0.29) is 5.75 Å². The Morgan fingerprint density at radius 3 is 2.21 bits per heavy atom. The summed E-state index contributed by atoms with van der Waals surface area (Å²) in [6.45, 7) is 9.30. The van der Waals surface area contributed by atoms with E-state index in [1.54, 1.807) is 0 Å². The number of nitrogens with zero attached hydrogens (tertiary/aromatic N) is 2. The van der Waals surface area contributed by atoms with Crippen LogP contribution in [-0.4, -0.2) is 23.3 Å². The maximum atomic E-state index is 10.8. The van der Waals surface area contributed by atoms with E-state index < -0.39 is 10.1 Å². The van der Waals surface area contributed by atoms with Crippen LogP contribution in [0, 0.1) is 0 Å². The zero-order chi connectivity index (χ0) is 17.9. The van der Waals surface area contributed by atoms with Crippen molar-refractivity contribution in [3.63, 3.8) is 0 Å². The van der Waals surface area contributed by atoms with Gasteiger partial charge in [0, 0.05) is 17.5 Å². The van der Waals surface area contributed by atoms with Crippen molar-refractivity contribution in [1.29, 1.82) is 0 Å². The first-order valence-electron chi connectivity index (χ1n) is 8.34. The van der Waals surface area contributed by atoms with Gasteiger partial charge in [-0.1, -0.05) is 45.9 Å². The van der Waals surface area contributed by atoms with E-state index in [9.17, 15) is 8.42 Å². The van der Waals surface area contributed by atoms with Crippen LogP contribution in [0.5, 0.6) is 0 Å². The van der Waals surface area contributed by atoms with E-state index in [2.05, 4.69) is 50.5 Å². The molecule has 0 bridgehead atoms. The third-order valence-electron chi connectivity index (χ3n) is 4.11. The van der Waals surface area contributed by atoms with Crippen molar-refractivity contribution in [3.8, 4) is 5.69 Å². The second-order valence-electron chi connectivity index (χ2n) is 6.79. The summed E-state index contributed by atoms with van der Waals surface area (Å²) in [5, 5.41) is 0. The van der Waals surface area contributed by atoms with Gasteiger partial charge in [-0.3, -0.25) is 4.55 Å². The molecule has 1 heterocycles. The van der Waals surface area contributed by atoms with Crippen LogP contribution in [0.2, 0.25) is 0 Å². The number of hydrogen-bond acceptors (Lipinski definition) is 2. The van der Waals surface area contributed by atoms with E-state index in [0.717, 1.165) is 0 Å². The van der Waals surface area contributed by atoms with Gasteiger partial charge in [0.05, 0.1) is 12.3 Å². The van der Waals surface area contributed by atoms with Gasteiger partial charge in [0.15, 0.2) is 0 Å². The molecule has 0 saturated carbocycles. The summed E-state index contributed by atoms with van der Waals surface area (Å²) in [6, 6.07) is 6.43. The van der Waals surface area contributed by atoms with Gasteiger partial charge in [-0.2, -0.15) is 8.42 Å². The predicted molar refractivity (Wildman–Crippen MR) is 95.2 cm³/mol. The Morgan fingerprint density at radius 1 is 1.12 bits per heavy atom. The zero-order valence-corrected chi connectivity index (χ0v) is 15.6. The smallest absolute Gasteiger partial charge is 0.265 e. The molecule has 0 unspecified atom stereocenters. The minimum absolute atomic E-state index is 0.217. The average molecular weight is 351 g/mol. The lowest BCUT2D eigenvalue weighted by Gasteiger charge is -2.16. The molecule has 0 atom stereocenters. The van der Waals surface area contributed by atoms with Crippen LogP contribution < -0.4 is 4.57 Å². The van der Waals surface area contributed by atoms with Crippen LogP contribution >= 0.6 is 0 Å². The van der Waals surface area contributed by atoms with Crippen molar-refractivity contribution in [1.82, 2.24) is 4.57 Å². The van der Waals surface area contributed by atoms with E-state index in [1.165, 1.54) is 16.8 Å². The Balaban J connectivity index is 2.32. The molecule has 0 saturated heterocycles. The monoisotopic (exact) mass is 351 g/mol. The fourth-order valence-corrected chi connectivity index (χ4v) is 3.39. The summed E-state index contributed by atoms with van der Waals surface area (Å²) in [5.41, 5.74) is 3.79. The number of imidazole rings is 1. The van der Waals surface area contributed by atoms with Crippen molar-refractivity contribution in [2.24, 2.45) is 0 Å². The molecule has 1 N–H and O–H groups in total. The number of para-hydroxylation sites is 1. The second-order valence-corrected chi connectivity index (χ2v) is 8.36. The minimum Gasteiger partial charge on any atom is -0.286 e. The molecule has 0 spiro atoms. The Hall–Kier alpha value is -1.66. The number of rotatable bonds is 7. The third kappa shape index (κ3) is 4.68. The minimum atomic E-state index is -3.90. The summed E-state index contributed by atoms with van der Waals surface area (Å²) in [6.07, 6.45) is 6.30. The first-order valence-corrected chi connectivity index (χ1v) is 9.95. The Bertz CT molecular complexity index is 766. The van der Waals surface area contributed by atoms with Crippen molar-refractivity contribution in [2.45, 2.75) is 52.5 Å². The summed E-state index contributed by atoms with van der Waals surface area (Å²) < 4.78 is 34.5. The highest BCUT2D eigenvalue weighted by Gasteiger charge is 2.20. The largest absolute Gasteiger partial charge is 0.286 e. The van der Waals surface area contributed by atoms with Gasteiger partial charge in [-0.25, -0.2) is 9.13 Å². The Labute approximate surface area is 144 Å². The lowest BCUT2D eigenvalue weighted by molar-refractivity contribution is -0.696. The SMILES string of the molecule is CC(C)c1cccc(C(C)C)c1-n1cc[n+](CCCS(=O)(=O)O)c1. The number of benzene rings is 1. The van der Waals surface area contributed by atoms with Crippen LogP contribution in [0.3, 0.4) is 0 Å². The molecule has 0 radical (unpaired) electrons. The van der Waals surface area contributed by atoms with Gasteiger partial charge in [0.25, 0.3) is 10.1 Å². The van der Waals surface area contributed by atoms with Gasteiger partial charge in [0.2, 0.25) is 6.33 Å². The molecule has 0 fully saturated rings. The Kier molecular flexibility index (Phi) is 5.83. The first-order chi connectivity index (χ1) is 11.2. The standard InChI is InChI=1S/C18H26N2O3S/c1-14(2)16-7-5-8-17(15(3)4)18(16)20-11-10-19(13-20)9-6-12-24(21,22)23/h5,7-8,10-11,13-15H,6,9,12H2,1-4H3/p+1. The topological polar surface area (TPSA) is 63.2 Å². The lowest BCUT2D eigenvalue weighted by atomic mass is 9.92. The molecular weight excluding hydrogens is 324 g/mol. The van der Waals surface area contributed by atoms with Gasteiger partial charge in [-0.05, 0) is 11.8 Å². The molecule has 6 heteroatoms. The maximum Gasteiger partial charge on any atom is 0.265 e. The average Bonchev–Trinajstić information content (AvgIpc) is 2.93. The highest BCUT2D eigenvalue weighted by atomic mass is 32.2. The van der Waals surface area contributed by atoms with Crippen molar-refractivity contribution in [2.75, 3.05) is 5.75 Å². The van der Waals surface area contributed by atoms with Crippen LogP contribution in [0.15, 0.2) is 36.9 Å². The molecule has 1 aromatic heterocycles. The quantitative estimate of drug-likeness (QED) is 0.615.